The molecule has 0 aliphatic rings. The summed E-state index contributed by atoms with van der Waals surface area (Å²) in [4.78, 5) is 24.3. The Morgan fingerprint density at radius 2 is 1.70 bits per heavy atom. The third-order valence-electron chi connectivity index (χ3n) is 4.29. The van der Waals surface area contributed by atoms with Crippen LogP contribution in [0.15, 0.2) is 42.5 Å². The first kappa shape index (κ1) is 20.2. The maximum absolute atomic E-state index is 13.9. The summed E-state index contributed by atoms with van der Waals surface area (Å²) in [6, 6.07) is 9.41. The number of carboxylic acids is 1. The average molecular weight is 375 g/mol. The van der Waals surface area contributed by atoms with Crippen LogP contribution in [0.1, 0.15) is 36.4 Å². The Morgan fingerprint density at radius 3 is 2.19 bits per heavy atom. The van der Waals surface area contributed by atoms with Crippen molar-refractivity contribution >= 4 is 11.9 Å². The second-order valence-corrected chi connectivity index (χ2v) is 5.91. The molecule has 0 heterocycles. The van der Waals surface area contributed by atoms with Crippen molar-refractivity contribution < 1.29 is 28.6 Å². The van der Waals surface area contributed by atoms with Gasteiger partial charge < -0.3 is 19.9 Å². The third-order valence-corrected chi connectivity index (χ3v) is 4.29. The monoisotopic (exact) mass is 375 g/mol. The average Bonchev–Trinajstić information content (AvgIpc) is 2.67. The highest BCUT2D eigenvalue weighted by atomic mass is 19.1. The van der Waals surface area contributed by atoms with Crippen molar-refractivity contribution in [1.29, 1.82) is 0 Å². The van der Waals surface area contributed by atoms with Gasteiger partial charge in [-0.3, -0.25) is 4.79 Å². The van der Waals surface area contributed by atoms with Gasteiger partial charge in [-0.1, -0.05) is 25.1 Å². The van der Waals surface area contributed by atoms with Crippen molar-refractivity contribution in [2.45, 2.75) is 25.3 Å². The molecule has 0 aromatic heterocycles. The second-order valence-electron chi connectivity index (χ2n) is 5.91. The van der Waals surface area contributed by atoms with E-state index in [-0.39, 0.29) is 11.3 Å². The first-order valence-electron chi connectivity index (χ1n) is 8.41. The van der Waals surface area contributed by atoms with Gasteiger partial charge in [-0.2, -0.15) is 0 Å². The molecule has 2 N–H and O–H groups in total. The predicted molar refractivity (Wildman–Crippen MR) is 97.5 cm³/mol. The van der Waals surface area contributed by atoms with E-state index < -0.39 is 29.7 Å². The van der Waals surface area contributed by atoms with Crippen LogP contribution in [0.2, 0.25) is 0 Å². The maximum Gasteiger partial charge on any atom is 0.330 e. The highest BCUT2D eigenvalue weighted by Gasteiger charge is 2.27. The van der Waals surface area contributed by atoms with Crippen LogP contribution in [0.3, 0.4) is 0 Å². The van der Waals surface area contributed by atoms with Gasteiger partial charge in [0.1, 0.15) is 5.75 Å². The van der Waals surface area contributed by atoms with Crippen molar-refractivity contribution in [1.82, 2.24) is 5.32 Å². The van der Waals surface area contributed by atoms with Crippen LogP contribution in [0.25, 0.3) is 0 Å². The molecule has 0 fully saturated rings. The SMILES string of the molecule is CCC(C(=O)NC(C(=O)O)c1ccc(OC)c(F)c1)c1ccc(OC)cc1. The Hall–Kier alpha value is -3.09. The Bertz CT molecular complexity index is 807. The van der Waals surface area contributed by atoms with Gasteiger partial charge in [0, 0.05) is 0 Å². The lowest BCUT2D eigenvalue weighted by atomic mass is 9.94. The molecule has 1 amide bonds. The fraction of sp³-hybridized carbons (Fsp3) is 0.300. The number of hydrogen-bond donors (Lipinski definition) is 2. The van der Waals surface area contributed by atoms with E-state index in [1.165, 1.54) is 19.2 Å². The molecule has 2 atom stereocenters. The maximum atomic E-state index is 13.9. The summed E-state index contributed by atoms with van der Waals surface area (Å²) < 4.78 is 23.9. The highest BCUT2D eigenvalue weighted by molar-refractivity contribution is 5.88. The number of amides is 1. The summed E-state index contributed by atoms with van der Waals surface area (Å²) in [6.07, 6.45) is 0.474. The number of ether oxygens (including phenoxy) is 2. The second kappa shape index (κ2) is 9.02. The van der Waals surface area contributed by atoms with Crippen molar-refractivity contribution in [3.63, 3.8) is 0 Å². The Balaban J connectivity index is 2.24. The molecule has 2 unspecified atom stereocenters. The fourth-order valence-corrected chi connectivity index (χ4v) is 2.80. The van der Waals surface area contributed by atoms with Crippen LogP contribution in [-0.4, -0.2) is 31.2 Å². The van der Waals surface area contributed by atoms with E-state index in [1.807, 2.05) is 6.92 Å². The number of rotatable bonds is 8. The van der Waals surface area contributed by atoms with Gasteiger partial charge in [-0.25, -0.2) is 9.18 Å². The molecule has 7 heteroatoms. The third kappa shape index (κ3) is 4.75. The van der Waals surface area contributed by atoms with Gasteiger partial charge in [0.2, 0.25) is 5.91 Å². The molecule has 0 saturated heterocycles. The number of methoxy groups -OCH3 is 2. The van der Waals surface area contributed by atoms with E-state index in [9.17, 15) is 19.1 Å². The van der Waals surface area contributed by atoms with Crippen LogP contribution >= 0.6 is 0 Å². The highest BCUT2D eigenvalue weighted by Crippen LogP contribution is 2.26. The smallest absolute Gasteiger partial charge is 0.330 e. The minimum Gasteiger partial charge on any atom is -0.497 e. The molecule has 0 spiro atoms. The van der Waals surface area contributed by atoms with E-state index in [0.717, 1.165) is 11.6 Å². The summed E-state index contributed by atoms with van der Waals surface area (Å²) >= 11 is 0. The van der Waals surface area contributed by atoms with Crippen LogP contribution < -0.4 is 14.8 Å². The van der Waals surface area contributed by atoms with E-state index in [2.05, 4.69) is 5.32 Å². The standard InChI is InChI=1S/C20H22FNO5/c1-4-15(12-5-8-14(26-2)9-6-12)19(23)22-18(20(24)25)13-7-10-17(27-3)16(21)11-13/h5-11,15,18H,4H2,1-3H3,(H,22,23)(H,24,25). The van der Waals surface area contributed by atoms with Gasteiger partial charge in [-0.05, 0) is 41.8 Å². The van der Waals surface area contributed by atoms with Crippen molar-refractivity contribution in [2.75, 3.05) is 14.2 Å². The molecule has 6 nitrogen and oxygen atoms in total. The van der Waals surface area contributed by atoms with Crippen molar-refractivity contribution in [3.8, 4) is 11.5 Å². The van der Waals surface area contributed by atoms with E-state index >= 15 is 0 Å². The zero-order valence-electron chi connectivity index (χ0n) is 15.4. The molecule has 2 rings (SSSR count). The summed E-state index contributed by atoms with van der Waals surface area (Å²) in [5.74, 6) is -2.31. The van der Waals surface area contributed by atoms with Crippen molar-refractivity contribution in [3.05, 3.63) is 59.4 Å². The van der Waals surface area contributed by atoms with Gasteiger partial charge in [-0.15, -0.1) is 0 Å². The molecular formula is C20H22FNO5. The van der Waals surface area contributed by atoms with Gasteiger partial charge in [0.15, 0.2) is 17.6 Å². The quantitative estimate of drug-likeness (QED) is 0.740. The van der Waals surface area contributed by atoms with Crippen LogP contribution in [0.4, 0.5) is 4.39 Å². The predicted octanol–water partition coefficient (Wildman–Crippen LogP) is 3.28. The summed E-state index contributed by atoms with van der Waals surface area (Å²) in [5, 5.41) is 12.0. The molecule has 0 aliphatic heterocycles. The molecule has 0 radical (unpaired) electrons. The first-order chi connectivity index (χ1) is 12.9. The molecule has 2 aromatic rings. The number of nitrogens with one attached hydrogen (secondary N) is 1. The minimum absolute atomic E-state index is 0.00103. The van der Waals surface area contributed by atoms with E-state index in [4.69, 9.17) is 9.47 Å². The Morgan fingerprint density at radius 1 is 1.07 bits per heavy atom. The molecule has 0 saturated carbocycles. The van der Waals surface area contributed by atoms with Crippen LogP contribution in [0, 0.1) is 5.82 Å². The van der Waals surface area contributed by atoms with Gasteiger partial charge >= 0.3 is 5.97 Å². The van der Waals surface area contributed by atoms with Crippen LogP contribution in [-0.2, 0) is 9.59 Å². The Kier molecular flexibility index (Phi) is 6.76. The lowest BCUT2D eigenvalue weighted by Crippen LogP contribution is -2.37. The Labute approximate surface area is 156 Å². The summed E-state index contributed by atoms with van der Waals surface area (Å²) in [5.41, 5.74) is 0.861. The topological polar surface area (TPSA) is 84.9 Å². The molecule has 0 bridgehead atoms. The molecule has 144 valence electrons. The van der Waals surface area contributed by atoms with Crippen molar-refractivity contribution in [2.24, 2.45) is 0 Å². The van der Waals surface area contributed by atoms with Crippen LogP contribution in [0.5, 0.6) is 11.5 Å². The zero-order chi connectivity index (χ0) is 20.0. The van der Waals surface area contributed by atoms with E-state index in [0.29, 0.717) is 12.2 Å². The fourth-order valence-electron chi connectivity index (χ4n) is 2.80. The largest absolute Gasteiger partial charge is 0.497 e. The molecule has 27 heavy (non-hydrogen) atoms. The first-order valence-corrected chi connectivity index (χ1v) is 8.41. The summed E-state index contributed by atoms with van der Waals surface area (Å²) in [7, 11) is 2.86. The number of carbonyl (C=O) groups is 2. The lowest BCUT2D eigenvalue weighted by molar-refractivity contribution is -0.142. The molecule has 2 aromatic carbocycles. The number of benzene rings is 2. The number of carbonyl (C=O) groups excluding carboxylic acids is 1. The zero-order valence-corrected chi connectivity index (χ0v) is 15.4. The number of carboxylic acid groups (broad SMARTS) is 1. The van der Waals surface area contributed by atoms with Gasteiger partial charge in [0.05, 0.1) is 20.1 Å². The molecular weight excluding hydrogens is 353 g/mol. The molecule has 0 aliphatic carbocycles. The minimum atomic E-state index is -1.37. The van der Waals surface area contributed by atoms with E-state index in [1.54, 1.807) is 31.4 Å². The summed E-state index contributed by atoms with van der Waals surface area (Å²) in [6.45, 7) is 1.83. The number of aliphatic carboxylic acids is 1. The number of hydrogen-bond acceptors (Lipinski definition) is 4. The normalized spacial score (nSPS) is 12.7. The van der Waals surface area contributed by atoms with Gasteiger partial charge in [0.25, 0.3) is 0 Å². The lowest BCUT2D eigenvalue weighted by Gasteiger charge is -2.20. The number of halogens is 1.